The second-order valence-electron chi connectivity index (χ2n) is 8.91. The van der Waals surface area contributed by atoms with Gasteiger partial charge in [0.15, 0.2) is 0 Å². The topological polar surface area (TPSA) is 96.4 Å². The first kappa shape index (κ1) is 21.7. The number of carbonyl (C=O) groups is 1. The number of nitrogens with zero attached hydrogens (tertiary/aromatic N) is 6. The average molecular weight is 455 g/mol. The lowest BCUT2D eigenvalue weighted by Gasteiger charge is -2.32. The Morgan fingerprint density at radius 1 is 1.18 bits per heavy atom. The zero-order chi connectivity index (χ0) is 23.1. The molecule has 1 aliphatic carbocycles. The highest BCUT2D eigenvalue weighted by molar-refractivity contribution is 5.98. The van der Waals surface area contributed by atoms with E-state index in [9.17, 15) is 9.59 Å². The van der Waals surface area contributed by atoms with Crippen LogP contribution in [0.25, 0.3) is 10.9 Å². The molecule has 0 spiro atoms. The summed E-state index contributed by atoms with van der Waals surface area (Å²) in [5.74, 6) is 1.49. The van der Waals surface area contributed by atoms with E-state index >= 15 is 0 Å². The summed E-state index contributed by atoms with van der Waals surface area (Å²) in [4.78, 5) is 28.2. The lowest BCUT2D eigenvalue weighted by molar-refractivity contribution is 0.0703. The van der Waals surface area contributed by atoms with Crippen LogP contribution in [-0.4, -0.2) is 68.9 Å². The number of rotatable bonds is 7. The van der Waals surface area contributed by atoms with Gasteiger partial charge in [-0.25, -0.2) is 14.2 Å². The van der Waals surface area contributed by atoms with Crippen LogP contribution < -0.4 is 10.4 Å². The molecule has 1 saturated heterocycles. The summed E-state index contributed by atoms with van der Waals surface area (Å²) < 4.78 is 15.6. The van der Waals surface area contributed by atoms with Gasteiger partial charge in [-0.15, -0.1) is 0 Å². The molecule has 3 heterocycles. The molecular weight excluding hydrogens is 424 g/mol. The van der Waals surface area contributed by atoms with Gasteiger partial charge in [0.25, 0.3) is 5.91 Å². The van der Waals surface area contributed by atoms with Crippen LogP contribution in [0.3, 0.4) is 0 Å². The van der Waals surface area contributed by atoms with Crippen molar-refractivity contribution in [1.29, 1.82) is 0 Å². The number of hydrogen-bond acceptors (Lipinski definition) is 6. The molecular formula is C23H30N6O4. The van der Waals surface area contributed by atoms with Crippen molar-refractivity contribution < 1.29 is 14.3 Å². The molecule has 1 unspecified atom stereocenters. The van der Waals surface area contributed by atoms with Gasteiger partial charge in [-0.3, -0.25) is 9.36 Å². The van der Waals surface area contributed by atoms with E-state index in [1.165, 1.54) is 4.68 Å². The minimum atomic E-state index is -0.0671. The zero-order valence-electron chi connectivity index (χ0n) is 19.4. The number of likely N-dealkylation sites (tertiary alicyclic amines) is 1. The maximum absolute atomic E-state index is 13.4. The normalized spacial score (nSPS) is 18.8. The Morgan fingerprint density at radius 3 is 2.73 bits per heavy atom. The van der Waals surface area contributed by atoms with Crippen molar-refractivity contribution in [2.75, 3.05) is 33.9 Å². The monoisotopic (exact) mass is 454 g/mol. The van der Waals surface area contributed by atoms with Crippen molar-refractivity contribution in [3.05, 3.63) is 40.1 Å². The van der Waals surface area contributed by atoms with E-state index in [0.29, 0.717) is 37.7 Å². The molecule has 10 heteroatoms. The molecule has 0 N–H and O–H groups in total. The van der Waals surface area contributed by atoms with Crippen molar-refractivity contribution in [1.82, 2.24) is 29.0 Å². The molecule has 33 heavy (non-hydrogen) atoms. The SMILES string of the molecule is COCCn1nc(C2CCCN(C(=O)c3ccc4c(OC)n(C)nc4c3)C2)n(C2CC2)c1=O. The second-order valence-corrected chi connectivity index (χ2v) is 8.91. The standard InChI is InChI=1S/C23H30N6O4/c1-26-22(33-3)18-9-6-15(13-19(18)24-26)21(30)27-10-4-5-16(14-27)20-25-28(11-12-32-2)23(31)29(20)17-7-8-17/h6,9,13,16-17H,4-5,7-8,10-12,14H2,1-3H3. The number of ether oxygens (including phenoxy) is 2. The van der Waals surface area contributed by atoms with Gasteiger partial charge in [-0.1, -0.05) is 0 Å². The van der Waals surface area contributed by atoms with Crippen molar-refractivity contribution in [2.45, 2.75) is 44.2 Å². The third kappa shape index (κ3) is 3.92. The van der Waals surface area contributed by atoms with Crippen LogP contribution in [0.1, 0.15) is 53.8 Å². The third-order valence-corrected chi connectivity index (χ3v) is 6.61. The number of aryl methyl sites for hydroxylation is 1. The van der Waals surface area contributed by atoms with Crippen LogP contribution in [0, 0.1) is 0 Å². The smallest absolute Gasteiger partial charge is 0.346 e. The Labute approximate surface area is 191 Å². The molecule has 3 aromatic rings. The van der Waals surface area contributed by atoms with Gasteiger partial charge in [-0.05, 0) is 43.9 Å². The highest BCUT2D eigenvalue weighted by Gasteiger charge is 2.35. The highest BCUT2D eigenvalue weighted by Crippen LogP contribution is 2.37. The van der Waals surface area contributed by atoms with Crippen LogP contribution in [-0.2, 0) is 18.3 Å². The van der Waals surface area contributed by atoms with Crippen LogP contribution in [0.15, 0.2) is 23.0 Å². The Morgan fingerprint density at radius 2 is 2.00 bits per heavy atom. The lowest BCUT2D eigenvalue weighted by Crippen LogP contribution is -2.40. The van der Waals surface area contributed by atoms with Gasteiger partial charge < -0.3 is 14.4 Å². The second kappa shape index (κ2) is 8.66. The Kier molecular flexibility index (Phi) is 5.69. The summed E-state index contributed by atoms with van der Waals surface area (Å²) in [5, 5.41) is 10.0. The first-order valence-corrected chi connectivity index (χ1v) is 11.5. The molecule has 1 atom stereocenters. The number of fused-ring (bicyclic) bond motifs is 1. The van der Waals surface area contributed by atoms with Gasteiger partial charge in [0.2, 0.25) is 5.88 Å². The molecule has 2 aliphatic rings. The molecule has 0 radical (unpaired) electrons. The number of benzene rings is 1. The zero-order valence-corrected chi connectivity index (χ0v) is 19.4. The van der Waals surface area contributed by atoms with E-state index in [0.717, 1.165) is 42.4 Å². The first-order chi connectivity index (χ1) is 16.0. The van der Waals surface area contributed by atoms with Crippen molar-refractivity contribution in [3.63, 3.8) is 0 Å². The van der Waals surface area contributed by atoms with Crippen molar-refractivity contribution >= 4 is 16.8 Å². The van der Waals surface area contributed by atoms with Crippen LogP contribution in [0.4, 0.5) is 0 Å². The molecule has 1 aliphatic heterocycles. The summed E-state index contributed by atoms with van der Waals surface area (Å²) in [5.41, 5.74) is 1.27. The summed E-state index contributed by atoms with van der Waals surface area (Å²) >= 11 is 0. The van der Waals surface area contributed by atoms with Gasteiger partial charge in [0.05, 0.1) is 31.2 Å². The summed E-state index contributed by atoms with van der Waals surface area (Å²) in [6.45, 7) is 2.12. The molecule has 1 saturated carbocycles. The van der Waals surface area contributed by atoms with Gasteiger partial charge in [0, 0.05) is 44.8 Å². The van der Waals surface area contributed by atoms with Crippen molar-refractivity contribution in [3.8, 4) is 5.88 Å². The predicted molar refractivity (Wildman–Crippen MR) is 122 cm³/mol. The molecule has 5 rings (SSSR count). The van der Waals surface area contributed by atoms with Gasteiger partial charge >= 0.3 is 5.69 Å². The first-order valence-electron chi connectivity index (χ1n) is 11.5. The summed E-state index contributed by atoms with van der Waals surface area (Å²) in [6.07, 6.45) is 3.80. The summed E-state index contributed by atoms with van der Waals surface area (Å²) in [6, 6.07) is 5.77. The molecule has 176 valence electrons. The quantitative estimate of drug-likeness (QED) is 0.541. The number of aromatic nitrogens is 5. The maximum atomic E-state index is 13.4. The van der Waals surface area contributed by atoms with E-state index in [4.69, 9.17) is 9.47 Å². The highest BCUT2D eigenvalue weighted by atomic mass is 16.5. The molecule has 1 aromatic carbocycles. The molecule has 1 amide bonds. The third-order valence-electron chi connectivity index (χ3n) is 6.61. The Hall–Kier alpha value is -3.14. The maximum Gasteiger partial charge on any atom is 0.346 e. The number of amides is 1. The van der Waals surface area contributed by atoms with Crippen LogP contribution >= 0.6 is 0 Å². The van der Waals surface area contributed by atoms with E-state index in [1.54, 1.807) is 18.9 Å². The predicted octanol–water partition coefficient (Wildman–Crippen LogP) is 1.94. The van der Waals surface area contributed by atoms with Gasteiger partial charge in [-0.2, -0.15) is 10.2 Å². The lowest BCUT2D eigenvalue weighted by atomic mass is 9.96. The fraction of sp³-hybridized carbons (Fsp3) is 0.565. The number of carbonyl (C=O) groups excluding carboxylic acids is 1. The Bertz CT molecular complexity index is 1240. The fourth-order valence-electron chi connectivity index (χ4n) is 4.82. The van der Waals surface area contributed by atoms with Crippen LogP contribution in [0.2, 0.25) is 0 Å². The van der Waals surface area contributed by atoms with E-state index < -0.39 is 0 Å². The minimum Gasteiger partial charge on any atom is -0.481 e. The number of piperidine rings is 1. The van der Waals surface area contributed by atoms with E-state index in [-0.39, 0.29) is 23.6 Å². The molecule has 0 bridgehead atoms. The molecule has 10 nitrogen and oxygen atoms in total. The van der Waals surface area contributed by atoms with Crippen molar-refractivity contribution in [2.24, 2.45) is 7.05 Å². The number of methoxy groups -OCH3 is 2. The Balaban J connectivity index is 1.40. The molecule has 2 fully saturated rings. The average Bonchev–Trinajstić information content (AvgIpc) is 3.54. The molecule has 2 aromatic heterocycles. The van der Waals surface area contributed by atoms with E-state index in [2.05, 4.69) is 10.2 Å². The number of hydrogen-bond donors (Lipinski definition) is 0. The largest absolute Gasteiger partial charge is 0.481 e. The summed E-state index contributed by atoms with van der Waals surface area (Å²) in [7, 11) is 5.05. The fourth-order valence-corrected chi connectivity index (χ4v) is 4.82. The van der Waals surface area contributed by atoms with Gasteiger partial charge in [0.1, 0.15) is 5.82 Å². The van der Waals surface area contributed by atoms with Crippen LogP contribution in [0.5, 0.6) is 5.88 Å². The van der Waals surface area contributed by atoms with E-state index in [1.807, 2.05) is 34.7 Å². The minimum absolute atomic E-state index is 0.0228.